The fraction of sp³-hybridized carbons (Fsp3) is 0.474. The van der Waals surface area contributed by atoms with Crippen molar-refractivity contribution in [2.24, 2.45) is 5.92 Å². The first-order valence-electron chi connectivity index (χ1n) is 8.86. The molecule has 1 aromatic heterocycles. The Kier molecular flexibility index (Phi) is 5.81. The standard InChI is InChI=1S/C19H25FN4O/c1-14-12-22-18(23-14)13-24-10-7-16(8-11-24)19(25)21-9-6-15-4-2-3-5-17(15)20/h2-5,12,16H,6-11,13H2,1H3,(H,21,25)(H,22,23). The number of nitrogens with zero attached hydrogens (tertiary/aromatic N) is 2. The van der Waals surface area contributed by atoms with Gasteiger partial charge in [-0.1, -0.05) is 18.2 Å². The van der Waals surface area contributed by atoms with Gasteiger partial charge in [0.05, 0.1) is 6.54 Å². The fourth-order valence-electron chi connectivity index (χ4n) is 3.28. The summed E-state index contributed by atoms with van der Waals surface area (Å²) in [4.78, 5) is 22.2. The Morgan fingerprint density at radius 2 is 2.12 bits per heavy atom. The number of piperidine rings is 1. The summed E-state index contributed by atoms with van der Waals surface area (Å²) in [7, 11) is 0. The predicted molar refractivity (Wildman–Crippen MR) is 94.4 cm³/mol. The summed E-state index contributed by atoms with van der Waals surface area (Å²) in [5, 5.41) is 2.95. The molecule has 1 aliphatic heterocycles. The summed E-state index contributed by atoms with van der Waals surface area (Å²) < 4.78 is 13.6. The number of nitrogens with one attached hydrogen (secondary N) is 2. The van der Waals surface area contributed by atoms with Gasteiger partial charge in [0, 0.05) is 24.4 Å². The lowest BCUT2D eigenvalue weighted by atomic mass is 9.96. The zero-order valence-corrected chi connectivity index (χ0v) is 14.6. The first kappa shape index (κ1) is 17.6. The van der Waals surface area contributed by atoms with Crippen molar-refractivity contribution < 1.29 is 9.18 Å². The summed E-state index contributed by atoms with van der Waals surface area (Å²) in [6, 6.07) is 6.70. The molecule has 25 heavy (non-hydrogen) atoms. The third kappa shape index (κ3) is 4.89. The minimum atomic E-state index is -0.210. The molecule has 0 radical (unpaired) electrons. The van der Waals surface area contributed by atoms with Crippen LogP contribution in [0.4, 0.5) is 4.39 Å². The van der Waals surface area contributed by atoms with Crippen LogP contribution in [0.15, 0.2) is 30.5 Å². The van der Waals surface area contributed by atoms with E-state index in [1.54, 1.807) is 12.1 Å². The number of aromatic amines is 1. The number of carbonyl (C=O) groups is 1. The van der Waals surface area contributed by atoms with Crippen LogP contribution in [0.3, 0.4) is 0 Å². The second-order valence-electron chi connectivity index (χ2n) is 6.70. The van der Waals surface area contributed by atoms with Crippen LogP contribution in [0.2, 0.25) is 0 Å². The molecule has 1 saturated heterocycles. The number of H-pyrrole nitrogens is 1. The predicted octanol–water partition coefficient (Wildman–Crippen LogP) is 2.43. The highest BCUT2D eigenvalue weighted by atomic mass is 19.1. The van der Waals surface area contributed by atoms with Gasteiger partial charge in [0.25, 0.3) is 0 Å². The van der Waals surface area contributed by atoms with Gasteiger partial charge in [0.2, 0.25) is 5.91 Å². The first-order chi connectivity index (χ1) is 12.1. The topological polar surface area (TPSA) is 61.0 Å². The molecule has 134 valence electrons. The van der Waals surface area contributed by atoms with Crippen molar-refractivity contribution in [3.8, 4) is 0 Å². The van der Waals surface area contributed by atoms with Gasteiger partial charge in [-0.15, -0.1) is 0 Å². The van der Waals surface area contributed by atoms with Crippen molar-refractivity contribution in [2.45, 2.75) is 32.7 Å². The molecule has 0 unspecified atom stereocenters. The van der Waals surface area contributed by atoms with Gasteiger partial charge in [0.15, 0.2) is 0 Å². The van der Waals surface area contributed by atoms with E-state index in [4.69, 9.17) is 0 Å². The van der Waals surface area contributed by atoms with Gasteiger partial charge in [-0.3, -0.25) is 9.69 Å². The van der Waals surface area contributed by atoms with Crippen molar-refractivity contribution in [1.82, 2.24) is 20.2 Å². The second-order valence-corrected chi connectivity index (χ2v) is 6.70. The van der Waals surface area contributed by atoms with Crippen LogP contribution in [0.25, 0.3) is 0 Å². The van der Waals surface area contributed by atoms with E-state index in [0.29, 0.717) is 18.5 Å². The number of halogens is 1. The van der Waals surface area contributed by atoms with Gasteiger partial charge < -0.3 is 10.3 Å². The third-order valence-electron chi connectivity index (χ3n) is 4.74. The molecule has 1 aromatic carbocycles. The largest absolute Gasteiger partial charge is 0.356 e. The molecule has 2 N–H and O–H groups in total. The van der Waals surface area contributed by atoms with Crippen molar-refractivity contribution >= 4 is 5.91 Å². The Morgan fingerprint density at radius 3 is 2.80 bits per heavy atom. The van der Waals surface area contributed by atoms with Gasteiger partial charge in [-0.05, 0) is 50.9 Å². The minimum Gasteiger partial charge on any atom is -0.356 e. The summed E-state index contributed by atoms with van der Waals surface area (Å²) in [5.41, 5.74) is 1.71. The average molecular weight is 344 g/mol. The van der Waals surface area contributed by atoms with Gasteiger partial charge in [-0.25, -0.2) is 9.37 Å². The molecule has 6 heteroatoms. The summed E-state index contributed by atoms with van der Waals surface area (Å²) >= 11 is 0. The molecule has 0 atom stereocenters. The molecule has 2 heterocycles. The number of aryl methyl sites for hydroxylation is 1. The monoisotopic (exact) mass is 344 g/mol. The summed E-state index contributed by atoms with van der Waals surface area (Å²) in [6.07, 6.45) is 4.07. The SMILES string of the molecule is Cc1cnc(CN2CCC(C(=O)NCCc3ccccc3F)CC2)[nH]1. The highest BCUT2D eigenvalue weighted by molar-refractivity contribution is 5.78. The van der Waals surface area contributed by atoms with Crippen molar-refractivity contribution in [3.63, 3.8) is 0 Å². The zero-order chi connectivity index (χ0) is 17.6. The molecule has 5 nitrogen and oxygen atoms in total. The Morgan fingerprint density at radius 1 is 1.36 bits per heavy atom. The average Bonchev–Trinajstić information content (AvgIpc) is 3.02. The normalized spacial score (nSPS) is 16.1. The van der Waals surface area contributed by atoms with Crippen molar-refractivity contribution in [2.75, 3.05) is 19.6 Å². The number of amides is 1. The van der Waals surface area contributed by atoms with Gasteiger partial charge in [0.1, 0.15) is 11.6 Å². The number of aromatic nitrogens is 2. The lowest BCUT2D eigenvalue weighted by molar-refractivity contribution is -0.126. The van der Waals surface area contributed by atoms with E-state index in [-0.39, 0.29) is 17.6 Å². The molecule has 3 rings (SSSR count). The number of hydrogen-bond acceptors (Lipinski definition) is 3. The molecular formula is C19H25FN4O. The van der Waals surface area contributed by atoms with E-state index in [1.165, 1.54) is 6.07 Å². The smallest absolute Gasteiger partial charge is 0.223 e. The molecule has 0 bridgehead atoms. The zero-order valence-electron chi connectivity index (χ0n) is 14.6. The number of carbonyl (C=O) groups excluding carboxylic acids is 1. The highest BCUT2D eigenvalue weighted by Gasteiger charge is 2.25. The fourth-order valence-corrected chi connectivity index (χ4v) is 3.28. The number of likely N-dealkylation sites (tertiary alicyclic amines) is 1. The minimum absolute atomic E-state index is 0.0511. The van der Waals surface area contributed by atoms with Crippen LogP contribution in [0.1, 0.15) is 29.9 Å². The molecule has 1 amide bonds. The molecule has 0 aliphatic carbocycles. The number of imidazole rings is 1. The maximum atomic E-state index is 13.6. The Bertz CT molecular complexity index is 707. The van der Waals surface area contributed by atoms with Crippen LogP contribution in [-0.4, -0.2) is 40.4 Å². The van der Waals surface area contributed by atoms with Crippen LogP contribution >= 0.6 is 0 Å². The van der Waals surface area contributed by atoms with E-state index < -0.39 is 0 Å². The summed E-state index contributed by atoms with van der Waals surface area (Å²) in [5.74, 6) is 0.906. The van der Waals surface area contributed by atoms with Crippen LogP contribution in [0.5, 0.6) is 0 Å². The molecule has 2 aromatic rings. The summed E-state index contributed by atoms with van der Waals surface area (Å²) in [6.45, 7) is 5.06. The van der Waals surface area contributed by atoms with Gasteiger partial charge in [-0.2, -0.15) is 0 Å². The Balaban J connectivity index is 1.38. The first-order valence-corrected chi connectivity index (χ1v) is 8.86. The van der Waals surface area contributed by atoms with E-state index in [1.807, 2.05) is 19.2 Å². The van der Waals surface area contributed by atoms with Crippen LogP contribution < -0.4 is 5.32 Å². The maximum Gasteiger partial charge on any atom is 0.223 e. The highest BCUT2D eigenvalue weighted by Crippen LogP contribution is 2.18. The lowest BCUT2D eigenvalue weighted by Gasteiger charge is -2.30. The van der Waals surface area contributed by atoms with Crippen LogP contribution in [0, 0.1) is 18.7 Å². The van der Waals surface area contributed by atoms with E-state index in [0.717, 1.165) is 44.0 Å². The van der Waals surface area contributed by atoms with E-state index in [2.05, 4.69) is 20.2 Å². The molecular weight excluding hydrogens is 319 g/mol. The number of benzene rings is 1. The number of rotatable bonds is 6. The second kappa shape index (κ2) is 8.25. The molecule has 0 spiro atoms. The maximum absolute atomic E-state index is 13.6. The Hall–Kier alpha value is -2.21. The van der Waals surface area contributed by atoms with Crippen LogP contribution in [-0.2, 0) is 17.8 Å². The third-order valence-corrected chi connectivity index (χ3v) is 4.74. The number of hydrogen-bond donors (Lipinski definition) is 2. The molecule has 1 fully saturated rings. The van der Waals surface area contributed by atoms with Crippen molar-refractivity contribution in [3.05, 3.63) is 53.4 Å². The lowest BCUT2D eigenvalue weighted by Crippen LogP contribution is -2.40. The van der Waals surface area contributed by atoms with E-state index in [9.17, 15) is 9.18 Å². The van der Waals surface area contributed by atoms with E-state index >= 15 is 0 Å². The van der Waals surface area contributed by atoms with Crippen molar-refractivity contribution in [1.29, 1.82) is 0 Å². The quantitative estimate of drug-likeness (QED) is 0.846. The Labute approximate surface area is 147 Å². The van der Waals surface area contributed by atoms with Gasteiger partial charge >= 0.3 is 0 Å². The molecule has 0 saturated carbocycles. The molecule has 1 aliphatic rings.